The molecule has 0 radical (unpaired) electrons. The number of carbonyl (C=O) groups excluding carboxylic acids is 1. The Hall–Kier alpha value is -3.19. The lowest BCUT2D eigenvalue weighted by Crippen LogP contribution is -2.15. The van der Waals surface area contributed by atoms with Crippen molar-refractivity contribution < 1.29 is 13.9 Å². The Morgan fingerprint density at radius 1 is 1.21 bits per heavy atom. The first-order chi connectivity index (χ1) is 13.6. The molecule has 1 aliphatic heterocycles. The summed E-state index contributed by atoms with van der Waals surface area (Å²) in [5, 5.41) is 11.8. The number of nitrogens with two attached hydrogens (primary N) is 1. The topological polar surface area (TPSA) is 103 Å². The number of primary amides is 1. The van der Waals surface area contributed by atoms with Crippen LogP contribution in [-0.2, 0) is 11.2 Å². The predicted molar refractivity (Wildman–Crippen MR) is 104 cm³/mol. The van der Waals surface area contributed by atoms with Crippen molar-refractivity contribution in [1.82, 2.24) is 10.2 Å². The molecule has 2 aromatic heterocycles. The van der Waals surface area contributed by atoms with Gasteiger partial charge in [0.2, 0.25) is 5.91 Å². The van der Waals surface area contributed by atoms with E-state index in [0.717, 1.165) is 47.9 Å². The molecular formula is C21H22N4O3. The third kappa shape index (κ3) is 3.89. The SMILES string of the molecule is Cc1ccc(Cc2c(Nc3ccc(C4CCCO4)nn3)cccc2C(N)=O)o1. The summed E-state index contributed by atoms with van der Waals surface area (Å²) in [7, 11) is 0. The van der Waals surface area contributed by atoms with E-state index < -0.39 is 5.91 Å². The molecule has 1 aromatic carbocycles. The Morgan fingerprint density at radius 3 is 2.75 bits per heavy atom. The van der Waals surface area contributed by atoms with Crippen molar-refractivity contribution in [2.45, 2.75) is 32.3 Å². The summed E-state index contributed by atoms with van der Waals surface area (Å²) in [6.07, 6.45) is 2.48. The fourth-order valence-electron chi connectivity index (χ4n) is 3.41. The molecule has 1 amide bonds. The molecule has 0 aliphatic carbocycles. The fourth-order valence-corrected chi connectivity index (χ4v) is 3.41. The zero-order valence-electron chi connectivity index (χ0n) is 15.6. The first-order valence-electron chi connectivity index (χ1n) is 9.29. The van der Waals surface area contributed by atoms with Gasteiger partial charge in [0.05, 0.1) is 5.69 Å². The zero-order valence-corrected chi connectivity index (χ0v) is 15.6. The van der Waals surface area contributed by atoms with Crippen LogP contribution in [0.3, 0.4) is 0 Å². The molecule has 3 aromatic rings. The predicted octanol–water partition coefficient (Wildman–Crippen LogP) is 3.66. The van der Waals surface area contributed by atoms with Gasteiger partial charge in [0, 0.05) is 24.3 Å². The molecule has 1 atom stereocenters. The molecule has 144 valence electrons. The third-order valence-corrected chi connectivity index (χ3v) is 4.80. The number of benzene rings is 1. The van der Waals surface area contributed by atoms with E-state index in [1.54, 1.807) is 12.1 Å². The van der Waals surface area contributed by atoms with E-state index in [9.17, 15) is 4.79 Å². The molecule has 1 unspecified atom stereocenters. The number of hydrogen-bond donors (Lipinski definition) is 2. The molecule has 28 heavy (non-hydrogen) atoms. The first kappa shape index (κ1) is 18.2. The molecule has 0 spiro atoms. The van der Waals surface area contributed by atoms with Gasteiger partial charge in [-0.2, -0.15) is 5.10 Å². The van der Waals surface area contributed by atoms with E-state index in [1.807, 2.05) is 37.3 Å². The molecule has 1 saturated heterocycles. The molecule has 1 aliphatic rings. The molecule has 4 rings (SSSR count). The number of nitrogens with zero attached hydrogens (tertiary/aromatic N) is 2. The van der Waals surface area contributed by atoms with Crippen LogP contribution in [0, 0.1) is 6.92 Å². The highest BCUT2D eigenvalue weighted by molar-refractivity contribution is 5.96. The van der Waals surface area contributed by atoms with Crippen LogP contribution in [-0.4, -0.2) is 22.7 Å². The van der Waals surface area contributed by atoms with Crippen LogP contribution in [0.2, 0.25) is 0 Å². The van der Waals surface area contributed by atoms with Gasteiger partial charge in [-0.15, -0.1) is 5.10 Å². The van der Waals surface area contributed by atoms with Crippen molar-refractivity contribution in [3.05, 3.63) is 70.8 Å². The number of aryl methyl sites for hydroxylation is 1. The highest BCUT2D eigenvalue weighted by atomic mass is 16.5. The second-order valence-corrected chi connectivity index (χ2v) is 6.86. The Bertz CT molecular complexity index is 976. The first-order valence-corrected chi connectivity index (χ1v) is 9.29. The van der Waals surface area contributed by atoms with Crippen molar-refractivity contribution >= 4 is 17.4 Å². The lowest BCUT2D eigenvalue weighted by Gasteiger charge is -2.14. The van der Waals surface area contributed by atoms with Crippen LogP contribution in [0.15, 0.2) is 46.9 Å². The van der Waals surface area contributed by atoms with E-state index in [0.29, 0.717) is 17.8 Å². The third-order valence-electron chi connectivity index (χ3n) is 4.80. The van der Waals surface area contributed by atoms with Crippen molar-refractivity contribution in [3.63, 3.8) is 0 Å². The molecule has 0 saturated carbocycles. The molecule has 3 heterocycles. The van der Waals surface area contributed by atoms with Crippen LogP contribution >= 0.6 is 0 Å². The number of nitrogens with one attached hydrogen (secondary N) is 1. The number of furan rings is 1. The fraction of sp³-hybridized carbons (Fsp3) is 0.286. The van der Waals surface area contributed by atoms with Gasteiger partial charge < -0.3 is 20.2 Å². The average Bonchev–Trinajstić information content (AvgIpc) is 3.35. The Balaban J connectivity index is 1.61. The quantitative estimate of drug-likeness (QED) is 0.678. The highest BCUT2D eigenvalue weighted by Crippen LogP contribution is 2.29. The molecule has 7 nitrogen and oxygen atoms in total. The minimum atomic E-state index is -0.484. The van der Waals surface area contributed by atoms with Crippen LogP contribution < -0.4 is 11.1 Å². The van der Waals surface area contributed by atoms with Gasteiger partial charge in [-0.25, -0.2) is 0 Å². The van der Waals surface area contributed by atoms with Crippen molar-refractivity contribution in [2.24, 2.45) is 5.73 Å². The van der Waals surface area contributed by atoms with E-state index in [4.69, 9.17) is 14.9 Å². The van der Waals surface area contributed by atoms with Crippen molar-refractivity contribution in [1.29, 1.82) is 0 Å². The maximum atomic E-state index is 11.9. The molecule has 3 N–H and O–H groups in total. The second kappa shape index (κ2) is 7.82. The van der Waals surface area contributed by atoms with Crippen LogP contribution in [0.25, 0.3) is 0 Å². The zero-order chi connectivity index (χ0) is 19.5. The Labute approximate surface area is 162 Å². The smallest absolute Gasteiger partial charge is 0.249 e. The minimum Gasteiger partial charge on any atom is -0.466 e. The van der Waals surface area contributed by atoms with Crippen molar-refractivity contribution in [2.75, 3.05) is 11.9 Å². The summed E-state index contributed by atoms with van der Waals surface area (Å²) in [5.74, 6) is 1.67. The summed E-state index contributed by atoms with van der Waals surface area (Å²) in [4.78, 5) is 11.9. The molecule has 0 bridgehead atoms. The van der Waals surface area contributed by atoms with Gasteiger partial charge in [-0.05, 0) is 61.7 Å². The molecule has 1 fully saturated rings. The lowest BCUT2D eigenvalue weighted by atomic mass is 10.0. The largest absolute Gasteiger partial charge is 0.466 e. The van der Waals surface area contributed by atoms with E-state index in [2.05, 4.69) is 15.5 Å². The second-order valence-electron chi connectivity index (χ2n) is 6.86. The number of hydrogen-bond acceptors (Lipinski definition) is 6. The maximum Gasteiger partial charge on any atom is 0.249 e. The summed E-state index contributed by atoms with van der Waals surface area (Å²) in [6, 6.07) is 12.9. The summed E-state index contributed by atoms with van der Waals surface area (Å²) in [5.41, 5.74) is 8.37. The van der Waals surface area contributed by atoms with Gasteiger partial charge >= 0.3 is 0 Å². The normalized spacial score (nSPS) is 16.2. The maximum absolute atomic E-state index is 11.9. The Kier molecular flexibility index (Phi) is 5.08. The lowest BCUT2D eigenvalue weighted by molar-refractivity contribution is 0.0999. The average molecular weight is 378 g/mol. The van der Waals surface area contributed by atoms with E-state index in [1.165, 1.54) is 0 Å². The number of anilines is 2. The summed E-state index contributed by atoms with van der Waals surface area (Å²) < 4.78 is 11.3. The number of rotatable bonds is 6. The van der Waals surface area contributed by atoms with E-state index in [-0.39, 0.29) is 6.10 Å². The summed E-state index contributed by atoms with van der Waals surface area (Å²) in [6.45, 7) is 2.65. The minimum absolute atomic E-state index is 0.0255. The number of ether oxygens (including phenoxy) is 1. The van der Waals surface area contributed by atoms with Gasteiger partial charge in [0.25, 0.3) is 0 Å². The number of aromatic nitrogens is 2. The molecule has 7 heteroatoms. The highest BCUT2D eigenvalue weighted by Gasteiger charge is 2.20. The van der Waals surface area contributed by atoms with Crippen LogP contribution in [0.4, 0.5) is 11.5 Å². The number of carbonyl (C=O) groups is 1. The summed E-state index contributed by atoms with van der Waals surface area (Å²) >= 11 is 0. The van der Waals surface area contributed by atoms with Crippen LogP contribution in [0.5, 0.6) is 0 Å². The monoisotopic (exact) mass is 378 g/mol. The van der Waals surface area contributed by atoms with E-state index >= 15 is 0 Å². The Morgan fingerprint density at radius 2 is 2.11 bits per heavy atom. The van der Waals surface area contributed by atoms with Crippen molar-refractivity contribution in [3.8, 4) is 0 Å². The standard InChI is InChI=1S/C21H22N4O3/c1-13-7-8-14(28-13)12-16-15(21(22)26)4-2-5-17(16)23-20-10-9-18(24-25-20)19-6-3-11-27-19/h2,4-5,7-10,19H,3,6,11-12H2,1H3,(H2,22,26)(H,23,25). The van der Waals surface area contributed by atoms with Gasteiger partial charge in [0.1, 0.15) is 17.6 Å². The van der Waals surface area contributed by atoms with Crippen LogP contribution in [0.1, 0.15) is 52.1 Å². The van der Waals surface area contributed by atoms with Gasteiger partial charge in [-0.1, -0.05) is 6.07 Å². The number of amides is 1. The van der Waals surface area contributed by atoms with Gasteiger partial charge in [0.15, 0.2) is 5.82 Å². The van der Waals surface area contributed by atoms with Gasteiger partial charge in [-0.3, -0.25) is 4.79 Å². The molecular weight excluding hydrogens is 356 g/mol.